The number of hydrogen-bond donors (Lipinski definition) is 2. The van der Waals surface area contributed by atoms with Gasteiger partial charge in [0.1, 0.15) is 5.78 Å². The molecule has 4 nitrogen and oxygen atoms in total. The van der Waals surface area contributed by atoms with Crippen LogP contribution in [-0.4, -0.2) is 48.8 Å². The van der Waals surface area contributed by atoms with Crippen LogP contribution in [0.3, 0.4) is 0 Å². The third kappa shape index (κ3) is 3.69. The summed E-state index contributed by atoms with van der Waals surface area (Å²) in [5.41, 5.74) is 1.40. The predicted molar refractivity (Wildman–Crippen MR) is 76.1 cm³/mol. The molecule has 2 rings (SSSR count). The van der Waals surface area contributed by atoms with E-state index in [1.54, 1.807) is 19.1 Å². The van der Waals surface area contributed by atoms with Crippen LogP contribution in [0.1, 0.15) is 25.3 Å². The Balaban J connectivity index is 0.00000180. The molecule has 1 aromatic rings. The monoisotopic (exact) mass is 258 g/mol. The van der Waals surface area contributed by atoms with Gasteiger partial charge in [0.25, 0.3) is 0 Å². The molecule has 1 aliphatic rings. The van der Waals surface area contributed by atoms with E-state index in [0.717, 1.165) is 24.9 Å². The molecule has 1 aliphatic heterocycles. The minimum Gasteiger partial charge on any atom is -0.423 e. The molecule has 6 heteroatoms. The lowest BCUT2D eigenvalue weighted by molar-refractivity contribution is -0.121. The Morgan fingerprint density at radius 1 is 1.42 bits per heavy atom. The zero-order valence-electron chi connectivity index (χ0n) is 11.1. The van der Waals surface area contributed by atoms with E-state index in [1.807, 2.05) is 12.1 Å². The lowest BCUT2D eigenvalue weighted by Crippen LogP contribution is -2.39. The quantitative estimate of drug-likeness (QED) is 0.717. The Morgan fingerprint density at radius 3 is 2.74 bits per heavy atom. The normalized spacial score (nSPS) is 19.0. The van der Waals surface area contributed by atoms with E-state index in [9.17, 15) is 14.8 Å². The molecule has 0 spiro atoms. The van der Waals surface area contributed by atoms with Crippen molar-refractivity contribution in [2.75, 3.05) is 6.54 Å². The van der Waals surface area contributed by atoms with Crippen LogP contribution in [0.5, 0.6) is 0 Å². The highest BCUT2D eigenvalue weighted by molar-refractivity contribution is 6.59. The molecule has 19 heavy (non-hydrogen) atoms. The van der Waals surface area contributed by atoms with Crippen LogP contribution in [0.25, 0.3) is 0 Å². The molecule has 0 aromatic heterocycles. The molecule has 99 valence electrons. The summed E-state index contributed by atoms with van der Waals surface area (Å²) in [6, 6.07) is 7.22. The highest BCUT2D eigenvalue weighted by atomic mass is 16.4. The van der Waals surface area contributed by atoms with Gasteiger partial charge in [-0.05, 0) is 37.3 Å². The number of hydrogen-bond acceptors (Lipinski definition) is 4. The van der Waals surface area contributed by atoms with Crippen LogP contribution in [0.15, 0.2) is 24.3 Å². The third-order valence-electron chi connectivity index (χ3n) is 3.54. The first-order valence-electron chi connectivity index (χ1n) is 6.28. The molecule has 3 radical (unpaired) electrons. The van der Waals surface area contributed by atoms with Crippen LogP contribution >= 0.6 is 0 Å². The number of carbonyl (C=O) groups is 1. The van der Waals surface area contributed by atoms with E-state index in [0.29, 0.717) is 12.0 Å². The van der Waals surface area contributed by atoms with Crippen LogP contribution in [0.2, 0.25) is 0 Å². The van der Waals surface area contributed by atoms with Gasteiger partial charge in [0.2, 0.25) is 0 Å². The van der Waals surface area contributed by atoms with Crippen LogP contribution in [0.4, 0.5) is 0 Å². The van der Waals surface area contributed by atoms with Crippen molar-refractivity contribution in [2.24, 2.45) is 0 Å². The molecule has 1 atom stereocenters. The fraction of sp³-hybridized carbons (Fsp3) is 0.462. The number of carbonyl (C=O) groups excluding carboxylic acids is 1. The molecule has 0 saturated carbocycles. The van der Waals surface area contributed by atoms with E-state index >= 15 is 0 Å². The van der Waals surface area contributed by atoms with Crippen LogP contribution < -0.4 is 5.46 Å². The Labute approximate surface area is 116 Å². The fourth-order valence-electron chi connectivity index (χ4n) is 2.62. The smallest absolute Gasteiger partial charge is 0.423 e. The fourth-order valence-corrected chi connectivity index (χ4v) is 2.62. The summed E-state index contributed by atoms with van der Waals surface area (Å²) in [6.45, 7) is 3.11. The average molecular weight is 258 g/mol. The largest absolute Gasteiger partial charge is 0.488 e. The zero-order chi connectivity index (χ0) is 13.1. The summed E-state index contributed by atoms with van der Waals surface area (Å²) in [5.74, 6) is 0.189. The number of Topliss-reactive ketones (excluding diaryl/α,β-unsaturated/α-hetero) is 1. The summed E-state index contributed by atoms with van der Waals surface area (Å²) < 4.78 is 0. The molecule has 1 aromatic carbocycles. The summed E-state index contributed by atoms with van der Waals surface area (Å²) >= 11 is 0. The second-order valence-corrected chi connectivity index (χ2v) is 4.81. The average Bonchev–Trinajstić information content (AvgIpc) is 2.77. The Bertz CT molecular complexity index is 440. The van der Waals surface area contributed by atoms with Crippen molar-refractivity contribution in [1.82, 2.24) is 4.90 Å². The lowest BCUT2D eigenvalue weighted by Gasteiger charge is -2.23. The summed E-state index contributed by atoms with van der Waals surface area (Å²) in [6.07, 6.45) is 1.92. The van der Waals surface area contributed by atoms with Crippen molar-refractivity contribution in [3.8, 4) is 0 Å². The van der Waals surface area contributed by atoms with Gasteiger partial charge in [0, 0.05) is 15.0 Å². The molecule has 1 heterocycles. The summed E-state index contributed by atoms with van der Waals surface area (Å²) in [7, 11) is -1.46. The van der Waals surface area contributed by atoms with E-state index < -0.39 is 7.12 Å². The van der Waals surface area contributed by atoms with Crippen molar-refractivity contribution >= 4 is 26.8 Å². The van der Waals surface area contributed by atoms with Crippen LogP contribution in [-0.2, 0) is 11.3 Å². The first kappa shape index (κ1) is 16.0. The van der Waals surface area contributed by atoms with E-state index in [4.69, 9.17) is 0 Å². The third-order valence-corrected chi connectivity index (χ3v) is 3.54. The number of nitrogens with zero attached hydrogens (tertiary/aromatic N) is 1. The first-order valence-corrected chi connectivity index (χ1v) is 6.28. The van der Waals surface area contributed by atoms with Gasteiger partial charge >= 0.3 is 7.12 Å². The van der Waals surface area contributed by atoms with Crippen LogP contribution in [0, 0.1) is 0 Å². The molecule has 0 aliphatic carbocycles. The van der Waals surface area contributed by atoms with Crippen molar-refractivity contribution in [3.63, 3.8) is 0 Å². The van der Waals surface area contributed by atoms with Gasteiger partial charge in [-0.2, -0.15) is 0 Å². The Hall–Kier alpha value is -1.10. The standard InChI is InChI=1S/C13H18BNO3.B/c1-10(16)13-7-4-8-15(13)9-11-5-2-3-6-12(11)14(17)18;/h2-3,5-6,13,17-18H,4,7-9H2,1H3;. The topological polar surface area (TPSA) is 60.8 Å². The van der Waals surface area contributed by atoms with E-state index in [-0.39, 0.29) is 20.2 Å². The second-order valence-electron chi connectivity index (χ2n) is 4.81. The van der Waals surface area contributed by atoms with Crippen molar-refractivity contribution in [3.05, 3.63) is 29.8 Å². The Kier molecular flexibility index (Phi) is 5.79. The maximum absolute atomic E-state index is 11.5. The van der Waals surface area contributed by atoms with Gasteiger partial charge in [-0.3, -0.25) is 9.69 Å². The van der Waals surface area contributed by atoms with Gasteiger partial charge in [-0.25, -0.2) is 0 Å². The van der Waals surface area contributed by atoms with Crippen molar-refractivity contribution < 1.29 is 14.8 Å². The molecule has 0 bridgehead atoms. The maximum Gasteiger partial charge on any atom is 0.488 e. The lowest BCUT2D eigenvalue weighted by atomic mass is 9.77. The number of benzene rings is 1. The van der Waals surface area contributed by atoms with Crippen molar-refractivity contribution in [2.45, 2.75) is 32.4 Å². The van der Waals surface area contributed by atoms with Gasteiger partial charge in [0.05, 0.1) is 6.04 Å². The number of ketones is 1. The summed E-state index contributed by atoms with van der Waals surface area (Å²) in [5, 5.41) is 18.6. The molecule has 2 N–H and O–H groups in total. The van der Waals surface area contributed by atoms with E-state index in [1.165, 1.54) is 0 Å². The maximum atomic E-state index is 11.5. The van der Waals surface area contributed by atoms with Gasteiger partial charge in [0.15, 0.2) is 0 Å². The highest BCUT2D eigenvalue weighted by Gasteiger charge is 2.29. The minimum atomic E-state index is -1.46. The molecular weight excluding hydrogens is 240 g/mol. The van der Waals surface area contributed by atoms with Gasteiger partial charge < -0.3 is 10.0 Å². The molecule has 0 amide bonds. The molecular formula is C13H18B2NO3. The van der Waals surface area contributed by atoms with E-state index in [2.05, 4.69) is 4.90 Å². The predicted octanol–water partition coefficient (Wildman–Crippen LogP) is -0.461. The van der Waals surface area contributed by atoms with Gasteiger partial charge in [-0.15, -0.1) is 0 Å². The molecule has 1 saturated heterocycles. The molecule has 1 unspecified atom stereocenters. The zero-order valence-corrected chi connectivity index (χ0v) is 11.1. The number of likely N-dealkylation sites (tertiary alicyclic amines) is 1. The Morgan fingerprint density at radius 2 is 2.11 bits per heavy atom. The molecule has 1 fully saturated rings. The summed E-state index contributed by atoms with van der Waals surface area (Å²) in [4.78, 5) is 13.6. The van der Waals surface area contributed by atoms with Gasteiger partial charge in [-0.1, -0.05) is 24.3 Å². The minimum absolute atomic E-state index is 0. The number of rotatable bonds is 4. The van der Waals surface area contributed by atoms with Crippen molar-refractivity contribution in [1.29, 1.82) is 0 Å². The SMILES string of the molecule is CC(=O)C1CCCN1Cc1ccccc1B(O)O.[B]. The first-order chi connectivity index (χ1) is 8.59. The second kappa shape index (κ2) is 6.89. The highest BCUT2D eigenvalue weighted by Crippen LogP contribution is 2.20.